The van der Waals surface area contributed by atoms with Crippen molar-refractivity contribution in [2.75, 3.05) is 0 Å². The molecule has 1 aliphatic carbocycles. The van der Waals surface area contributed by atoms with E-state index in [1.807, 2.05) is 6.08 Å². The Balaban J connectivity index is 2.69. The molecule has 1 aliphatic rings. The molecule has 0 aromatic carbocycles. The smallest absolute Gasteiger partial charge is 0.159 e. The molecule has 0 aromatic rings. The van der Waals surface area contributed by atoms with Gasteiger partial charge in [-0.25, -0.2) is 0 Å². The normalized spacial score (nSPS) is 25.9. The summed E-state index contributed by atoms with van der Waals surface area (Å²) in [5, 5.41) is 0. The molecule has 0 bridgehead atoms. The predicted octanol–water partition coefficient (Wildman–Crippen LogP) is 2.18. The summed E-state index contributed by atoms with van der Waals surface area (Å²) in [4.78, 5) is 11.1. The van der Waals surface area contributed by atoms with Crippen molar-refractivity contribution < 1.29 is 4.79 Å². The number of rotatable bonds is 0. The molecule has 1 heteroatoms. The second kappa shape index (κ2) is 2.22. The quantitative estimate of drug-likeness (QED) is 0.501. The molecule has 0 radical (unpaired) electrons. The van der Waals surface area contributed by atoms with Crippen LogP contribution in [0.5, 0.6) is 0 Å². The molecule has 1 atom stereocenters. The maximum atomic E-state index is 11.1. The summed E-state index contributed by atoms with van der Waals surface area (Å²) < 4.78 is 0. The van der Waals surface area contributed by atoms with Crippen molar-refractivity contribution in [1.82, 2.24) is 0 Å². The lowest BCUT2D eigenvalue weighted by Crippen LogP contribution is -2.23. The van der Waals surface area contributed by atoms with Crippen LogP contribution in [0.25, 0.3) is 0 Å². The molecule has 0 aromatic heterocycles. The zero-order valence-corrected chi connectivity index (χ0v) is 6.85. The van der Waals surface area contributed by atoms with E-state index in [0.29, 0.717) is 5.78 Å². The van der Waals surface area contributed by atoms with E-state index in [1.165, 1.54) is 0 Å². The minimum atomic E-state index is 0.139. The monoisotopic (exact) mass is 138 g/mol. The van der Waals surface area contributed by atoms with E-state index in [4.69, 9.17) is 0 Å². The Bertz CT molecular complexity index is 172. The van der Waals surface area contributed by atoms with Crippen molar-refractivity contribution in [3.05, 3.63) is 12.2 Å². The molecule has 0 fully saturated rings. The van der Waals surface area contributed by atoms with Crippen molar-refractivity contribution in [3.63, 3.8) is 0 Å². The van der Waals surface area contributed by atoms with Crippen molar-refractivity contribution in [2.45, 2.75) is 27.2 Å². The summed E-state index contributed by atoms with van der Waals surface area (Å²) in [6.45, 7) is 6.34. The summed E-state index contributed by atoms with van der Waals surface area (Å²) in [5.74, 6) is 0.528. The van der Waals surface area contributed by atoms with Crippen molar-refractivity contribution in [3.8, 4) is 0 Å². The first-order valence-electron chi connectivity index (χ1n) is 3.72. The van der Waals surface area contributed by atoms with Crippen LogP contribution in [0.15, 0.2) is 12.2 Å². The van der Waals surface area contributed by atoms with Gasteiger partial charge in [-0.3, -0.25) is 4.79 Å². The van der Waals surface area contributed by atoms with Crippen LogP contribution >= 0.6 is 0 Å². The predicted molar refractivity (Wildman–Crippen MR) is 41.7 cm³/mol. The minimum Gasteiger partial charge on any atom is -0.295 e. The number of allylic oxidation sites excluding steroid dienone is 2. The third-order valence-corrected chi connectivity index (χ3v) is 2.04. The molecule has 0 aliphatic heterocycles. The maximum Gasteiger partial charge on any atom is 0.159 e. The minimum absolute atomic E-state index is 0.139. The topological polar surface area (TPSA) is 17.1 Å². The van der Waals surface area contributed by atoms with Crippen molar-refractivity contribution in [1.29, 1.82) is 0 Å². The number of ketones is 1. The summed E-state index contributed by atoms with van der Waals surface area (Å²) in [6.07, 6.45) is 4.61. The van der Waals surface area contributed by atoms with Crippen LogP contribution in [0.2, 0.25) is 0 Å². The third-order valence-electron chi connectivity index (χ3n) is 2.04. The Morgan fingerprint density at radius 3 is 2.30 bits per heavy atom. The van der Waals surface area contributed by atoms with E-state index in [-0.39, 0.29) is 11.3 Å². The van der Waals surface area contributed by atoms with Gasteiger partial charge in [0.05, 0.1) is 0 Å². The highest BCUT2D eigenvalue weighted by atomic mass is 16.1. The molecule has 56 valence electrons. The molecule has 0 saturated heterocycles. The number of carbonyl (C=O) groups excluding carboxylic acids is 1. The Labute approximate surface area is 62.1 Å². The van der Waals surface area contributed by atoms with Crippen molar-refractivity contribution >= 4 is 5.78 Å². The van der Waals surface area contributed by atoms with Crippen LogP contribution in [-0.2, 0) is 4.79 Å². The molecule has 10 heavy (non-hydrogen) atoms. The van der Waals surface area contributed by atoms with E-state index in [2.05, 4.69) is 20.8 Å². The SMILES string of the molecule is CC(C)(C)[C@@H]1CC=CC1=O. The van der Waals surface area contributed by atoms with Gasteiger partial charge >= 0.3 is 0 Å². The summed E-state index contributed by atoms with van der Waals surface area (Å²) in [7, 11) is 0. The Hall–Kier alpha value is -0.590. The summed E-state index contributed by atoms with van der Waals surface area (Å²) in [6, 6.07) is 0. The van der Waals surface area contributed by atoms with Crippen molar-refractivity contribution in [2.24, 2.45) is 11.3 Å². The van der Waals surface area contributed by atoms with Gasteiger partial charge in [-0.2, -0.15) is 0 Å². The highest BCUT2D eigenvalue weighted by molar-refractivity contribution is 5.94. The van der Waals surface area contributed by atoms with E-state index in [0.717, 1.165) is 6.42 Å². The van der Waals surface area contributed by atoms with Gasteiger partial charge in [-0.1, -0.05) is 26.8 Å². The van der Waals surface area contributed by atoms with Crippen LogP contribution in [0.3, 0.4) is 0 Å². The lowest BCUT2D eigenvalue weighted by atomic mass is 9.79. The fraction of sp³-hybridized carbons (Fsp3) is 0.667. The van der Waals surface area contributed by atoms with Gasteiger partial charge < -0.3 is 0 Å². The number of hydrogen-bond acceptors (Lipinski definition) is 1. The highest BCUT2D eigenvalue weighted by Crippen LogP contribution is 2.32. The van der Waals surface area contributed by atoms with E-state index < -0.39 is 0 Å². The molecule has 1 rings (SSSR count). The molecular weight excluding hydrogens is 124 g/mol. The zero-order valence-electron chi connectivity index (χ0n) is 6.85. The van der Waals surface area contributed by atoms with Gasteiger partial charge in [0, 0.05) is 5.92 Å². The van der Waals surface area contributed by atoms with Crippen LogP contribution < -0.4 is 0 Å². The fourth-order valence-corrected chi connectivity index (χ4v) is 1.33. The first-order valence-corrected chi connectivity index (χ1v) is 3.72. The van der Waals surface area contributed by atoms with Crippen LogP contribution in [0, 0.1) is 11.3 Å². The molecule has 0 amide bonds. The molecule has 0 heterocycles. The van der Waals surface area contributed by atoms with E-state index in [1.54, 1.807) is 6.08 Å². The standard InChI is InChI=1S/C9H14O/c1-9(2,3)7-5-4-6-8(7)10/h4,6-7H,5H2,1-3H3/t7-/m1/s1. The molecule has 0 N–H and O–H groups in total. The summed E-state index contributed by atoms with van der Waals surface area (Å²) in [5.41, 5.74) is 0.139. The lowest BCUT2D eigenvalue weighted by molar-refractivity contribution is -0.120. The molecule has 0 unspecified atom stereocenters. The zero-order chi connectivity index (χ0) is 7.78. The Morgan fingerprint density at radius 1 is 1.50 bits per heavy atom. The Kier molecular flexibility index (Phi) is 1.67. The van der Waals surface area contributed by atoms with Gasteiger partial charge in [0.25, 0.3) is 0 Å². The highest BCUT2D eigenvalue weighted by Gasteiger charge is 2.31. The second-order valence-electron chi connectivity index (χ2n) is 3.96. The number of carbonyl (C=O) groups is 1. The molecule has 0 saturated carbocycles. The molecule has 1 nitrogen and oxygen atoms in total. The van der Waals surface area contributed by atoms with Gasteiger partial charge in [0.15, 0.2) is 5.78 Å². The maximum absolute atomic E-state index is 11.1. The first kappa shape index (κ1) is 7.52. The lowest BCUT2D eigenvalue weighted by Gasteiger charge is -2.24. The molecular formula is C9H14O. The van der Waals surface area contributed by atoms with Gasteiger partial charge in [-0.05, 0) is 17.9 Å². The first-order chi connectivity index (χ1) is 4.52. The average molecular weight is 138 g/mol. The second-order valence-corrected chi connectivity index (χ2v) is 3.96. The van der Waals surface area contributed by atoms with Crippen LogP contribution in [-0.4, -0.2) is 5.78 Å². The van der Waals surface area contributed by atoms with Crippen LogP contribution in [0.1, 0.15) is 27.2 Å². The van der Waals surface area contributed by atoms with Gasteiger partial charge in [-0.15, -0.1) is 0 Å². The van der Waals surface area contributed by atoms with E-state index >= 15 is 0 Å². The van der Waals surface area contributed by atoms with Gasteiger partial charge in [0.1, 0.15) is 0 Å². The summed E-state index contributed by atoms with van der Waals surface area (Å²) >= 11 is 0. The largest absolute Gasteiger partial charge is 0.295 e. The average Bonchev–Trinajstić information content (AvgIpc) is 2.11. The van der Waals surface area contributed by atoms with Crippen LogP contribution in [0.4, 0.5) is 0 Å². The molecule has 0 spiro atoms. The third kappa shape index (κ3) is 1.28. The van der Waals surface area contributed by atoms with E-state index in [9.17, 15) is 4.79 Å². The fourth-order valence-electron chi connectivity index (χ4n) is 1.33. The number of hydrogen-bond donors (Lipinski definition) is 0. The Morgan fingerprint density at radius 2 is 2.10 bits per heavy atom. The van der Waals surface area contributed by atoms with Gasteiger partial charge in [0.2, 0.25) is 0 Å².